The Bertz CT molecular complexity index is 515. The summed E-state index contributed by atoms with van der Waals surface area (Å²) < 4.78 is 16.0. The SMILES string of the molecule is C#C[C@]1(O)[C@H](O)[C@@H](OC)O[C@]12C[C@H](CCCCCCCCCC)OC2=O. The van der Waals surface area contributed by atoms with Gasteiger partial charge in [-0.05, 0) is 12.8 Å². The van der Waals surface area contributed by atoms with Crippen molar-refractivity contribution in [2.75, 3.05) is 7.11 Å². The first-order valence-corrected chi connectivity index (χ1v) is 9.75. The summed E-state index contributed by atoms with van der Waals surface area (Å²) >= 11 is 0. The Morgan fingerprint density at radius 1 is 1.23 bits per heavy atom. The summed E-state index contributed by atoms with van der Waals surface area (Å²) in [5, 5.41) is 21.0. The Balaban J connectivity index is 1.84. The molecular weight excluding hydrogens is 336 g/mol. The van der Waals surface area contributed by atoms with Gasteiger partial charge in [-0.15, -0.1) is 6.42 Å². The number of ether oxygens (including phenoxy) is 3. The van der Waals surface area contributed by atoms with Crippen molar-refractivity contribution in [3.05, 3.63) is 0 Å². The minimum absolute atomic E-state index is 0.125. The summed E-state index contributed by atoms with van der Waals surface area (Å²) in [5.74, 6) is 1.42. The van der Waals surface area contributed by atoms with Crippen molar-refractivity contribution >= 4 is 5.97 Å². The lowest BCUT2D eigenvalue weighted by Gasteiger charge is -2.30. The number of methoxy groups -OCH3 is 1. The molecule has 2 rings (SSSR count). The smallest absolute Gasteiger partial charge is 0.343 e. The lowest BCUT2D eigenvalue weighted by atomic mass is 9.79. The molecule has 0 aromatic heterocycles. The van der Waals surface area contributed by atoms with Crippen LogP contribution in [-0.2, 0) is 19.0 Å². The second kappa shape index (κ2) is 9.18. The molecule has 2 N–H and O–H groups in total. The number of unbranched alkanes of at least 4 members (excludes halogenated alkanes) is 7. The highest BCUT2D eigenvalue weighted by Crippen LogP contribution is 2.48. The molecule has 6 heteroatoms. The number of hydrogen-bond donors (Lipinski definition) is 2. The monoisotopic (exact) mass is 368 g/mol. The van der Waals surface area contributed by atoms with Crippen LogP contribution in [0.25, 0.3) is 0 Å². The molecule has 148 valence electrons. The van der Waals surface area contributed by atoms with E-state index in [1.165, 1.54) is 45.6 Å². The van der Waals surface area contributed by atoms with Crippen molar-refractivity contribution in [2.45, 2.75) is 101 Å². The molecule has 5 atom stereocenters. The third kappa shape index (κ3) is 3.91. The summed E-state index contributed by atoms with van der Waals surface area (Å²) in [7, 11) is 1.32. The quantitative estimate of drug-likeness (QED) is 0.350. The molecule has 2 aliphatic heterocycles. The maximum atomic E-state index is 12.5. The number of aliphatic hydroxyl groups excluding tert-OH is 1. The molecule has 2 heterocycles. The summed E-state index contributed by atoms with van der Waals surface area (Å²) in [6, 6.07) is 0. The first-order chi connectivity index (χ1) is 12.4. The van der Waals surface area contributed by atoms with Gasteiger partial charge in [-0.1, -0.05) is 57.8 Å². The van der Waals surface area contributed by atoms with E-state index in [0.29, 0.717) is 6.42 Å². The molecule has 1 spiro atoms. The minimum atomic E-state index is -2.15. The first kappa shape index (κ1) is 21.2. The number of carbonyl (C=O) groups is 1. The molecule has 0 aliphatic carbocycles. The molecule has 0 radical (unpaired) electrons. The Morgan fingerprint density at radius 2 is 1.85 bits per heavy atom. The lowest BCUT2D eigenvalue weighted by Crippen LogP contribution is -2.58. The lowest BCUT2D eigenvalue weighted by molar-refractivity contribution is -0.191. The largest absolute Gasteiger partial charge is 0.460 e. The number of esters is 1. The number of hydrogen-bond acceptors (Lipinski definition) is 6. The van der Waals surface area contributed by atoms with Crippen molar-refractivity contribution in [2.24, 2.45) is 0 Å². The number of rotatable bonds is 10. The predicted octanol–water partition coefficient (Wildman–Crippen LogP) is 2.30. The van der Waals surface area contributed by atoms with Crippen LogP contribution in [0.15, 0.2) is 0 Å². The summed E-state index contributed by atoms with van der Waals surface area (Å²) in [5.41, 5.74) is -3.91. The highest BCUT2D eigenvalue weighted by molar-refractivity contribution is 5.85. The highest BCUT2D eigenvalue weighted by Gasteiger charge is 2.72. The third-order valence-corrected chi connectivity index (χ3v) is 5.57. The van der Waals surface area contributed by atoms with Crippen molar-refractivity contribution in [1.82, 2.24) is 0 Å². The van der Waals surface area contributed by atoms with Gasteiger partial charge in [0.05, 0.1) is 0 Å². The second-order valence-corrected chi connectivity index (χ2v) is 7.40. The molecule has 0 unspecified atom stereocenters. The van der Waals surface area contributed by atoms with Crippen LogP contribution in [0, 0.1) is 12.3 Å². The van der Waals surface area contributed by atoms with Gasteiger partial charge in [-0.3, -0.25) is 0 Å². The first-order valence-electron chi connectivity index (χ1n) is 9.75. The Morgan fingerprint density at radius 3 is 2.42 bits per heavy atom. The number of cyclic esters (lactones) is 1. The van der Waals surface area contributed by atoms with Crippen LogP contribution in [0.5, 0.6) is 0 Å². The Hall–Kier alpha value is -1.13. The van der Waals surface area contributed by atoms with E-state index in [0.717, 1.165) is 12.8 Å². The Labute approximate surface area is 156 Å². The fourth-order valence-electron chi connectivity index (χ4n) is 3.93. The van der Waals surface area contributed by atoms with Gasteiger partial charge in [0.25, 0.3) is 0 Å². The molecule has 0 amide bonds. The van der Waals surface area contributed by atoms with Gasteiger partial charge in [0.15, 0.2) is 11.9 Å². The number of terminal acetylenes is 1. The molecule has 2 aliphatic rings. The van der Waals surface area contributed by atoms with E-state index >= 15 is 0 Å². The molecule has 26 heavy (non-hydrogen) atoms. The van der Waals surface area contributed by atoms with Crippen molar-refractivity contribution in [3.8, 4) is 12.3 Å². The normalized spacial score (nSPS) is 36.4. The maximum absolute atomic E-state index is 12.5. The van der Waals surface area contributed by atoms with Crippen LogP contribution in [0.2, 0.25) is 0 Å². The van der Waals surface area contributed by atoms with E-state index < -0.39 is 29.6 Å². The van der Waals surface area contributed by atoms with Crippen LogP contribution in [-0.4, -0.2) is 53.0 Å². The molecule has 0 aromatic carbocycles. The molecular formula is C20H32O6. The van der Waals surface area contributed by atoms with Gasteiger partial charge in [0.1, 0.15) is 12.2 Å². The highest BCUT2D eigenvalue weighted by atomic mass is 16.7. The minimum Gasteiger partial charge on any atom is -0.460 e. The zero-order valence-corrected chi connectivity index (χ0v) is 15.9. The standard InChI is InChI=1S/C20H32O6/c1-4-6-7-8-9-10-11-12-13-15-14-20(18(22)25-15)19(23,5-2)16(21)17(24-3)26-20/h2,15-17,21,23H,4,6-14H2,1,3H3/t15-,16+,17-,19-,20-/m0/s1. The molecule has 6 nitrogen and oxygen atoms in total. The van der Waals surface area contributed by atoms with Gasteiger partial charge < -0.3 is 24.4 Å². The topological polar surface area (TPSA) is 85.2 Å². The Kier molecular flexibility index (Phi) is 7.48. The third-order valence-electron chi connectivity index (χ3n) is 5.57. The van der Waals surface area contributed by atoms with Gasteiger partial charge in [0, 0.05) is 13.5 Å². The zero-order valence-electron chi connectivity index (χ0n) is 15.9. The zero-order chi connectivity index (χ0) is 19.2. The van der Waals surface area contributed by atoms with Crippen LogP contribution in [0.1, 0.15) is 71.1 Å². The average Bonchev–Trinajstić information content (AvgIpc) is 3.07. The van der Waals surface area contributed by atoms with E-state index in [-0.39, 0.29) is 12.5 Å². The van der Waals surface area contributed by atoms with E-state index in [1.54, 1.807) is 0 Å². The van der Waals surface area contributed by atoms with Crippen molar-refractivity contribution in [3.63, 3.8) is 0 Å². The van der Waals surface area contributed by atoms with E-state index in [4.69, 9.17) is 20.6 Å². The second-order valence-electron chi connectivity index (χ2n) is 7.40. The summed E-state index contributed by atoms with van der Waals surface area (Å²) in [6.07, 6.45) is 12.7. The van der Waals surface area contributed by atoms with Crippen molar-refractivity contribution in [1.29, 1.82) is 0 Å². The van der Waals surface area contributed by atoms with Gasteiger partial charge in [-0.25, -0.2) is 4.79 Å². The van der Waals surface area contributed by atoms with Crippen molar-refractivity contribution < 1.29 is 29.2 Å². The van der Waals surface area contributed by atoms with Crippen LogP contribution >= 0.6 is 0 Å². The molecule has 0 aromatic rings. The molecule has 2 saturated heterocycles. The van der Waals surface area contributed by atoms with Gasteiger partial charge >= 0.3 is 5.97 Å². The number of aliphatic hydroxyl groups is 2. The fraction of sp³-hybridized carbons (Fsp3) is 0.850. The summed E-state index contributed by atoms with van der Waals surface area (Å²) in [6.45, 7) is 2.21. The summed E-state index contributed by atoms with van der Waals surface area (Å²) in [4.78, 5) is 12.5. The van der Waals surface area contributed by atoms with E-state index in [9.17, 15) is 15.0 Å². The molecule has 0 saturated carbocycles. The van der Waals surface area contributed by atoms with E-state index in [2.05, 4.69) is 12.8 Å². The van der Waals surface area contributed by atoms with Gasteiger partial charge in [0.2, 0.25) is 5.60 Å². The van der Waals surface area contributed by atoms with Crippen LogP contribution < -0.4 is 0 Å². The van der Waals surface area contributed by atoms with Crippen LogP contribution in [0.3, 0.4) is 0 Å². The molecule has 2 fully saturated rings. The van der Waals surface area contributed by atoms with E-state index in [1.807, 2.05) is 0 Å². The van der Waals surface area contributed by atoms with Crippen LogP contribution in [0.4, 0.5) is 0 Å². The predicted molar refractivity (Wildman–Crippen MR) is 96.1 cm³/mol. The number of carbonyl (C=O) groups excluding carboxylic acids is 1. The maximum Gasteiger partial charge on any atom is 0.343 e. The molecule has 0 bridgehead atoms. The van der Waals surface area contributed by atoms with Gasteiger partial charge in [-0.2, -0.15) is 0 Å². The average molecular weight is 368 g/mol. The fourth-order valence-corrected chi connectivity index (χ4v) is 3.93.